The monoisotopic (exact) mass is 330 g/mol. The lowest BCUT2D eigenvalue weighted by molar-refractivity contribution is 0.0514. The molecule has 0 heterocycles. The first-order chi connectivity index (χ1) is 10.7. The number of carbonyl (C=O) groups excluding carboxylic acids is 1. The van der Waals surface area contributed by atoms with Gasteiger partial charge in [-0.1, -0.05) is 27.2 Å². The second-order valence-electron chi connectivity index (χ2n) is 7.71. The molecule has 5 heteroatoms. The van der Waals surface area contributed by atoms with Gasteiger partial charge in [0.2, 0.25) is 0 Å². The Bertz CT molecular complexity index is 308. The predicted octanol–water partition coefficient (Wildman–Crippen LogP) is 3.17. The second kappa shape index (κ2) is 11.7. The minimum Gasteiger partial charge on any atom is -0.444 e. The van der Waals surface area contributed by atoms with Crippen molar-refractivity contribution in [1.29, 1.82) is 0 Å². The number of hydrogen-bond acceptors (Lipinski definition) is 4. The molecule has 1 amide bonds. The number of aliphatic hydroxyl groups is 1. The fourth-order valence-electron chi connectivity index (χ4n) is 2.48. The summed E-state index contributed by atoms with van der Waals surface area (Å²) in [6.45, 7) is 14.7. The molecule has 5 nitrogen and oxygen atoms in total. The fraction of sp³-hybridized carbons (Fsp3) is 0.944. The number of carbonyl (C=O) groups is 1. The molecule has 0 aromatic heterocycles. The van der Waals surface area contributed by atoms with Gasteiger partial charge in [-0.3, -0.25) is 0 Å². The van der Waals surface area contributed by atoms with E-state index in [4.69, 9.17) is 9.84 Å². The first-order valence-electron chi connectivity index (χ1n) is 8.98. The normalized spacial score (nSPS) is 14.6. The molecular weight excluding hydrogens is 292 g/mol. The van der Waals surface area contributed by atoms with E-state index in [9.17, 15) is 4.79 Å². The van der Waals surface area contributed by atoms with E-state index >= 15 is 0 Å². The first kappa shape index (κ1) is 22.2. The van der Waals surface area contributed by atoms with Crippen molar-refractivity contribution >= 4 is 6.09 Å². The Morgan fingerprint density at radius 2 is 1.78 bits per heavy atom. The maximum absolute atomic E-state index is 11.8. The van der Waals surface area contributed by atoms with Crippen LogP contribution >= 0.6 is 0 Å². The fourth-order valence-corrected chi connectivity index (χ4v) is 2.48. The summed E-state index contributed by atoms with van der Waals surface area (Å²) in [4.78, 5) is 11.8. The highest BCUT2D eigenvalue weighted by Gasteiger charge is 2.19. The molecule has 0 aliphatic rings. The molecule has 0 spiro atoms. The molecule has 0 rings (SSSR count). The van der Waals surface area contributed by atoms with Crippen molar-refractivity contribution in [1.82, 2.24) is 10.6 Å². The van der Waals surface area contributed by atoms with Crippen molar-refractivity contribution in [2.75, 3.05) is 26.2 Å². The van der Waals surface area contributed by atoms with Crippen LogP contribution in [-0.4, -0.2) is 43.0 Å². The lowest BCUT2D eigenvalue weighted by Crippen LogP contribution is -2.40. The van der Waals surface area contributed by atoms with E-state index in [0.717, 1.165) is 32.4 Å². The van der Waals surface area contributed by atoms with Crippen LogP contribution in [0.5, 0.6) is 0 Å². The molecule has 3 N–H and O–H groups in total. The third kappa shape index (κ3) is 12.3. The number of hydrogen-bond donors (Lipinski definition) is 3. The van der Waals surface area contributed by atoms with Gasteiger partial charge in [-0.2, -0.15) is 0 Å². The highest BCUT2D eigenvalue weighted by atomic mass is 16.6. The highest BCUT2D eigenvalue weighted by Crippen LogP contribution is 2.12. The summed E-state index contributed by atoms with van der Waals surface area (Å²) in [5.74, 6) is 1.36. The van der Waals surface area contributed by atoms with Crippen LogP contribution in [-0.2, 0) is 4.74 Å². The van der Waals surface area contributed by atoms with Crippen LogP contribution in [0, 0.1) is 17.8 Å². The Morgan fingerprint density at radius 3 is 2.26 bits per heavy atom. The Hall–Kier alpha value is -0.810. The van der Waals surface area contributed by atoms with Gasteiger partial charge in [-0.15, -0.1) is 0 Å². The Labute approximate surface area is 142 Å². The number of alkyl carbamates (subject to hydrolysis) is 1. The molecule has 0 aromatic carbocycles. The van der Waals surface area contributed by atoms with Crippen LogP contribution < -0.4 is 10.6 Å². The molecule has 23 heavy (non-hydrogen) atoms. The average Bonchev–Trinajstić information content (AvgIpc) is 2.40. The summed E-state index contributed by atoms with van der Waals surface area (Å²) in [6.07, 6.45) is 2.77. The van der Waals surface area contributed by atoms with E-state index in [-0.39, 0.29) is 12.7 Å². The number of rotatable bonds is 11. The summed E-state index contributed by atoms with van der Waals surface area (Å²) < 4.78 is 5.28. The van der Waals surface area contributed by atoms with Gasteiger partial charge in [0.25, 0.3) is 0 Å². The summed E-state index contributed by atoms with van der Waals surface area (Å²) in [7, 11) is 0. The van der Waals surface area contributed by atoms with Crippen LogP contribution in [0.2, 0.25) is 0 Å². The third-order valence-electron chi connectivity index (χ3n) is 3.92. The van der Waals surface area contributed by atoms with Crippen LogP contribution in [0.25, 0.3) is 0 Å². The van der Waals surface area contributed by atoms with Gasteiger partial charge >= 0.3 is 6.09 Å². The molecule has 2 unspecified atom stereocenters. The molecule has 0 saturated heterocycles. The van der Waals surface area contributed by atoms with Crippen molar-refractivity contribution < 1.29 is 14.6 Å². The van der Waals surface area contributed by atoms with E-state index in [1.54, 1.807) is 0 Å². The molecule has 138 valence electrons. The highest BCUT2D eigenvalue weighted by molar-refractivity contribution is 5.67. The van der Waals surface area contributed by atoms with Gasteiger partial charge in [0.05, 0.1) is 0 Å². The van der Waals surface area contributed by atoms with Crippen LogP contribution in [0.15, 0.2) is 0 Å². The zero-order chi connectivity index (χ0) is 17.9. The van der Waals surface area contributed by atoms with Gasteiger partial charge < -0.3 is 20.5 Å². The molecule has 0 bridgehead atoms. The van der Waals surface area contributed by atoms with Crippen LogP contribution in [0.1, 0.15) is 60.8 Å². The molecule has 0 aromatic rings. The molecular formula is C18H38N2O3. The van der Waals surface area contributed by atoms with E-state index in [1.165, 1.54) is 0 Å². The van der Waals surface area contributed by atoms with E-state index in [2.05, 4.69) is 31.4 Å². The number of aliphatic hydroxyl groups excluding tert-OH is 1. The number of amides is 1. The van der Waals surface area contributed by atoms with Crippen LogP contribution in [0.3, 0.4) is 0 Å². The smallest absolute Gasteiger partial charge is 0.407 e. The lowest BCUT2D eigenvalue weighted by atomic mass is 9.95. The van der Waals surface area contributed by atoms with Gasteiger partial charge in [0.15, 0.2) is 0 Å². The minimum atomic E-state index is -0.465. The summed E-state index contributed by atoms with van der Waals surface area (Å²) in [5.41, 5.74) is -0.465. The molecule has 0 aliphatic heterocycles. The first-order valence-corrected chi connectivity index (χ1v) is 8.98. The van der Waals surface area contributed by atoms with Gasteiger partial charge in [-0.05, 0) is 64.5 Å². The van der Waals surface area contributed by atoms with Gasteiger partial charge in [0.1, 0.15) is 5.60 Å². The average molecular weight is 331 g/mol. The van der Waals surface area contributed by atoms with Gasteiger partial charge in [-0.25, -0.2) is 4.79 Å². The summed E-state index contributed by atoms with van der Waals surface area (Å²) >= 11 is 0. The maximum Gasteiger partial charge on any atom is 0.407 e. The summed E-state index contributed by atoms with van der Waals surface area (Å²) in [6, 6.07) is 0. The van der Waals surface area contributed by atoms with Crippen molar-refractivity contribution in [3.8, 4) is 0 Å². The number of nitrogens with one attached hydrogen (secondary N) is 2. The predicted molar refractivity (Wildman–Crippen MR) is 95.5 cm³/mol. The Morgan fingerprint density at radius 1 is 1.13 bits per heavy atom. The maximum atomic E-state index is 11.8. The van der Waals surface area contributed by atoms with E-state index in [0.29, 0.717) is 24.3 Å². The quantitative estimate of drug-likeness (QED) is 0.544. The van der Waals surface area contributed by atoms with Crippen LogP contribution in [0.4, 0.5) is 4.79 Å². The zero-order valence-corrected chi connectivity index (χ0v) is 15.9. The molecule has 0 saturated carbocycles. The Kier molecular flexibility index (Phi) is 11.3. The zero-order valence-electron chi connectivity index (χ0n) is 15.9. The topological polar surface area (TPSA) is 70.6 Å². The Balaban J connectivity index is 4.18. The largest absolute Gasteiger partial charge is 0.444 e. The lowest BCUT2D eigenvalue weighted by Gasteiger charge is -2.25. The third-order valence-corrected chi connectivity index (χ3v) is 3.92. The van der Waals surface area contributed by atoms with Crippen molar-refractivity contribution in [2.24, 2.45) is 17.8 Å². The standard InChI is InChI=1S/C18H38N2O3/c1-7-8-15(9-10-21)11-19-12-16(14(2)3)13-20-17(22)23-18(4,5)6/h14-16,19,21H,7-13H2,1-6H3,(H,20,22). The molecule has 0 radical (unpaired) electrons. The molecule has 0 fully saturated rings. The van der Waals surface area contributed by atoms with Crippen molar-refractivity contribution in [3.05, 3.63) is 0 Å². The van der Waals surface area contributed by atoms with Crippen molar-refractivity contribution in [3.63, 3.8) is 0 Å². The minimum absolute atomic E-state index is 0.250. The number of ether oxygens (including phenoxy) is 1. The van der Waals surface area contributed by atoms with Crippen molar-refractivity contribution in [2.45, 2.75) is 66.4 Å². The van der Waals surface area contributed by atoms with Gasteiger partial charge in [0, 0.05) is 13.2 Å². The summed E-state index contributed by atoms with van der Waals surface area (Å²) in [5, 5.41) is 15.5. The molecule has 0 aliphatic carbocycles. The SMILES string of the molecule is CCCC(CCO)CNCC(CNC(=O)OC(C)(C)C)C(C)C. The second-order valence-corrected chi connectivity index (χ2v) is 7.71. The van der Waals surface area contributed by atoms with E-state index in [1.807, 2.05) is 20.8 Å². The van der Waals surface area contributed by atoms with E-state index < -0.39 is 5.60 Å². The molecule has 2 atom stereocenters.